The molecule has 0 amide bonds. The second-order valence-corrected chi connectivity index (χ2v) is 5.28. The predicted molar refractivity (Wildman–Crippen MR) is 53.8 cm³/mol. The molecule has 0 aliphatic carbocycles. The Hall–Kier alpha value is -1.29. The first kappa shape index (κ1) is 11.8. The van der Waals surface area contributed by atoms with Gasteiger partial charge >= 0.3 is 0 Å². The summed E-state index contributed by atoms with van der Waals surface area (Å²) in [6.07, 6.45) is 0. The number of phenolic OH excluding ortho intramolecular Hbond substituents is 1. The van der Waals surface area contributed by atoms with Crippen molar-refractivity contribution >= 4 is 19.7 Å². The van der Waals surface area contributed by atoms with Gasteiger partial charge in [-0.05, 0) is 17.7 Å². The van der Waals surface area contributed by atoms with Gasteiger partial charge in [0.2, 0.25) is 0 Å². The molecule has 15 heavy (non-hydrogen) atoms. The fourth-order valence-electron chi connectivity index (χ4n) is 1.08. The molecule has 3 N–H and O–H groups in total. The average Bonchev–Trinajstić information content (AvgIpc) is 2.15. The summed E-state index contributed by atoms with van der Waals surface area (Å²) in [6, 6.07) is 3.96. The maximum Gasteiger partial charge on any atom is 0.262 e. The number of nitrogens with two attached hydrogens (primary N) is 1. The number of hydrogen-bond acceptors (Lipinski definition) is 5. The van der Waals surface area contributed by atoms with Crippen LogP contribution in [0.25, 0.3) is 0 Å². The van der Waals surface area contributed by atoms with Crippen molar-refractivity contribution in [1.29, 1.82) is 5.26 Å². The molecular weight excluding hydrogens is 240 g/mol. The van der Waals surface area contributed by atoms with E-state index in [-0.39, 0.29) is 12.1 Å². The highest BCUT2D eigenvalue weighted by Gasteiger charge is 2.19. The van der Waals surface area contributed by atoms with E-state index in [4.69, 9.17) is 21.7 Å². The monoisotopic (exact) mass is 246 g/mol. The van der Waals surface area contributed by atoms with E-state index in [0.717, 1.165) is 0 Å². The van der Waals surface area contributed by atoms with Crippen LogP contribution in [0.4, 0.5) is 0 Å². The van der Waals surface area contributed by atoms with E-state index in [2.05, 4.69) is 0 Å². The third kappa shape index (κ3) is 2.39. The van der Waals surface area contributed by atoms with Crippen molar-refractivity contribution < 1.29 is 13.5 Å². The van der Waals surface area contributed by atoms with Crippen LogP contribution < -0.4 is 5.73 Å². The number of hydrogen-bond donors (Lipinski definition) is 2. The van der Waals surface area contributed by atoms with E-state index in [1.807, 2.05) is 0 Å². The second kappa shape index (κ2) is 4.06. The molecule has 0 unspecified atom stereocenters. The molecule has 1 rings (SSSR count). The van der Waals surface area contributed by atoms with E-state index >= 15 is 0 Å². The van der Waals surface area contributed by atoms with Crippen LogP contribution in [-0.4, -0.2) is 13.5 Å². The molecule has 0 heterocycles. The number of nitrogens with zero attached hydrogens (tertiary/aromatic N) is 1. The molecule has 1 aromatic rings. The van der Waals surface area contributed by atoms with Gasteiger partial charge in [-0.1, -0.05) is 0 Å². The van der Waals surface area contributed by atoms with Gasteiger partial charge in [-0.25, -0.2) is 8.42 Å². The first-order valence-corrected chi connectivity index (χ1v) is 6.11. The van der Waals surface area contributed by atoms with E-state index in [1.165, 1.54) is 12.1 Å². The normalized spacial score (nSPS) is 11.0. The Morgan fingerprint density at radius 2 is 2.13 bits per heavy atom. The third-order valence-electron chi connectivity index (χ3n) is 1.75. The molecule has 0 spiro atoms. The van der Waals surface area contributed by atoms with E-state index in [0.29, 0.717) is 5.56 Å². The summed E-state index contributed by atoms with van der Waals surface area (Å²) in [7, 11) is 1.05. The van der Waals surface area contributed by atoms with Crippen molar-refractivity contribution in [2.24, 2.45) is 5.73 Å². The van der Waals surface area contributed by atoms with Gasteiger partial charge in [0, 0.05) is 17.2 Å². The quantitative estimate of drug-likeness (QED) is 0.746. The van der Waals surface area contributed by atoms with Crippen molar-refractivity contribution in [3.05, 3.63) is 23.3 Å². The summed E-state index contributed by atoms with van der Waals surface area (Å²) in [5.74, 6) is -0.445. The first-order valence-electron chi connectivity index (χ1n) is 3.81. The number of rotatable bonds is 2. The molecule has 0 radical (unpaired) electrons. The maximum absolute atomic E-state index is 11.1. The Kier molecular flexibility index (Phi) is 3.19. The summed E-state index contributed by atoms with van der Waals surface area (Å²) in [4.78, 5) is -0.424. The zero-order valence-electron chi connectivity index (χ0n) is 7.44. The van der Waals surface area contributed by atoms with Crippen molar-refractivity contribution in [3.63, 3.8) is 0 Å². The molecule has 7 heteroatoms. The van der Waals surface area contributed by atoms with Crippen LogP contribution in [0.1, 0.15) is 11.1 Å². The average molecular weight is 247 g/mol. The van der Waals surface area contributed by atoms with Crippen LogP contribution in [0.3, 0.4) is 0 Å². The summed E-state index contributed by atoms with van der Waals surface area (Å²) in [5.41, 5.74) is 5.30. The van der Waals surface area contributed by atoms with Crippen LogP contribution in [0, 0.1) is 11.3 Å². The Morgan fingerprint density at radius 1 is 1.53 bits per heavy atom. The molecule has 5 nitrogen and oxygen atoms in total. The van der Waals surface area contributed by atoms with Crippen molar-refractivity contribution in [2.45, 2.75) is 11.4 Å². The van der Waals surface area contributed by atoms with Gasteiger partial charge in [-0.3, -0.25) is 0 Å². The van der Waals surface area contributed by atoms with E-state index < -0.39 is 19.7 Å². The van der Waals surface area contributed by atoms with Crippen LogP contribution in [0.15, 0.2) is 17.0 Å². The van der Waals surface area contributed by atoms with Crippen molar-refractivity contribution in [1.82, 2.24) is 0 Å². The lowest BCUT2D eigenvalue weighted by Gasteiger charge is -2.05. The highest BCUT2D eigenvalue weighted by atomic mass is 35.7. The van der Waals surface area contributed by atoms with E-state index in [1.54, 1.807) is 6.07 Å². The molecule has 0 atom stereocenters. The molecule has 0 aromatic heterocycles. The standard InChI is InChI=1S/C8H7ClN2O3S/c9-15(13,14)8-2-5(3-10)1-7(12)6(8)4-11/h1-2,12H,3,10H2. The minimum atomic E-state index is -4.07. The Balaban J connectivity index is 3.63. The summed E-state index contributed by atoms with van der Waals surface area (Å²) in [5, 5.41) is 18.0. The predicted octanol–water partition coefficient (Wildman–Crippen LogP) is 0.650. The van der Waals surface area contributed by atoms with Gasteiger partial charge in [0.05, 0.1) is 0 Å². The molecule has 0 saturated heterocycles. The molecular formula is C8H7ClN2O3S. The molecule has 0 bridgehead atoms. The highest BCUT2D eigenvalue weighted by molar-refractivity contribution is 8.13. The number of benzene rings is 1. The zero-order valence-corrected chi connectivity index (χ0v) is 9.01. The number of phenols is 1. The smallest absolute Gasteiger partial charge is 0.262 e. The van der Waals surface area contributed by atoms with E-state index in [9.17, 15) is 13.5 Å². The second-order valence-electron chi connectivity index (χ2n) is 2.74. The molecule has 0 aliphatic heterocycles. The summed E-state index contributed by atoms with van der Waals surface area (Å²) < 4.78 is 22.2. The maximum atomic E-state index is 11.1. The lowest BCUT2D eigenvalue weighted by Crippen LogP contribution is -2.01. The van der Waals surface area contributed by atoms with Gasteiger partial charge in [-0.2, -0.15) is 5.26 Å². The van der Waals surface area contributed by atoms with Gasteiger partial charge in [0.15, 0.2) is 0 Å². The number of halogens is 1. The molecule has 1 aromatic carbocycles. The van der Waals surface area contributed by atoms with Crippen LogP contribution in [0.2, 0.25) is 0 Å². The van der Waals surface area contributed by atoms with Crippen molar-refractivity contribution in [2.75, 3.05) is 0 Å². The SMILES string of the molecule is N#Cc1c(O)cc(CN)cc1S(=O)(=O)Cl. The zero-order chi connectivity index (χ0) is 11.6. The lowest BCUT2D eigenvalue weighted by atomic mass is 10.1. The molecule has 0 aliphatic rings. The van der Waals surface area contributed by atoms with Gasteiger partial charge in [0.1, 0.15) is 22.3 Å². The summed E-state index contributed by atoms with van der Waals surface area (Å²) in [6.45, 7) is 0.0404. The topological polar surface area (TPSA) is 104 Å². The minimum absolute atomic E-state index is 0.0404. The fraction of sp³-hybridized carbons (Fsp3) is 0.125. The first-order chi connectivity index (χ1) is 6.90. The van der Waals surface area contributed by atoms with Crippen LogP contribution >= 0.6 is 10.7 Å². The van der Waals surface area contributed by atoms with Crippen LogP contribution in [0.5, 0.6) is 5.75 Å². The largest absolute Gasteiger partial charge is 0.507 e. The summed E-state index contributed by atoms with van der Waals surface area (Å²) >= 11 is 0. The Morgan fingerprint density at radius 3 is 2.53 bits per heavy atom. The van der Waals surface area contributed by atoms with Gasteiger partial charge < -0.3 is 10.8 Å². The highest BCUT2D eigenvalue weighted by Crippen LogP contribution is 2.28. The minimum Gasteiger partial charge on any atom is -0.507 e. The lowest BCUT2D eigenvalue weighted by molar-refractivity contribution is 0.470. The number of aromatic hydroxyl groups is 1. The Labute approximate surface area is 91.1 Å². The Bertz CT molecular complexity index is 534. The number of nitriles is 1. The van der Waals surface area contributed by atoms with Gasteiger partial charge in [0.25, 0.3) is 9.05 Å². The molecule has 0 fully saturated rings. The van der Waals surface area contributed by atoms with Crippen LogP contribution in [-0.2, 0) is 15.6 Å². The van der Waals surface area contributed by atoms with Gasteiger partial charge in [-0.15, -0.1) is 0 Å². The molecule has 80 valence electrons. The fourth-order valence-corrected chi connectivity index (χ4v) is 2.13. The third-order valence-corrected chi connectivity index (χ3v) is 3.10. The molecule has 0 saturated carbocycles. The van der Waals surface area contributed by atoms with Crippen molar-refractivity contribution in [3.8, 4) is 11.8 Å².